The molecule has 12 aromatic carbocycles. The van der Waals surface area contributed by atoms with E-state index in [4.69, 9.17) is 15.0 Å². The highest BCUT2D eigenvalue weighted by molar-refractivity contribution is 6.28. The highest BCUT2D eigenvalue weighted by Gasteiger charge is 2.26. The Balaban J connectivity index is 0.908. The van der Waals surface area contributed by atoms with E-state index in [2.05, 4.69) is 237 Å². The average Bonchev–Trinajstić information content (AvgIpc) is 2.07. The zero-order valence-corrected chi connectivity index (χ0v) is 46.0. The van der Waals surface area contributed by atoms with Gasteiger partial charge in [0.25, 0.3) is 0 Å². The van der Waals surface area contributed by atoms with Crippen molar-refractivity contribution in [1.29, 1.82) is 10.5 Å². The molecule has 0 N–H and O–H groups in total. The van der Waals surface area contributed by atoms with Gasteiger partial charge in [0.05, 0.1) is 72.7 Å². The van der Waals surface area contributed by atoms with Crippen LogP contribution in [-0.2, 0) is 0 Å². The van der Waals surface area contributed by atoms with Crippen molar-refractivity contribution in [2.45, 2.75) is 0 Å². The fraction of sp³-hybridized carbons (Fsp3) is 0. The minimum Gasteiger partial charge on any atom is -0.309 e. The number of aromatic nitrogens is 7. The van der Waals surface area contributed by atoms with Crippen molar-refractivity contribution in [3.63, 3.8) is 0 Å². The first-order chi connectivity index (χ1) is 42.6. The monoisotopic (exact) mass is 1100 g/mol. The highest BCUT2D eigenvalue weighted by Crippen LogP contribution is 2.46. The fourth-order valence-corrected chi connectivity index (χ4v) is 13.4. The van der Waals surface area contributed by atoms with E-state index in [1.807, 2.05) is 66.7 Å². The van der Waals surface area contributed by atoms with Crippen LogP contribution in [0.25, 0.3) is 155 Å². The van der Waals surface area contributed by atoms with Crippen LogP contribution >= 0.6 is 0 Å². The minimum atomic E-state index is 0.445. The van der Waals surface area contributed by atoms with Gasteiger partial charge in [-0.3, -0.25) is 0 Å². The summed E-state index contributed by atoms with van der Waals surface area (Å²) in [5, 5.41) is 30.8. The van der Waals surface area contributed by atoms with Crippen LogP contribution in [0.5, 0.6) is 0 Å². The Hall–Kier alpha value is -12.2. The first kappa shape index (κ1) is 48.5. The summed E-state index contributed by atoms with van der Waals surface area (Å²) in [4.78, 5) is 16.0. The Morgan fingerprint density at radius 3 is 1.20 bits per heavy atom. The molecule has 0 bridgehead atoms. The second-order valence-electron chi connectivity index (χ2n) is 21.7. The van der Waals surface area contributed by atoms with Crippen LogP contribution in [0.4, 0.5) is 0 Å². The first-order valence-electron chi connectivity index (χ1n) is 28.6. The van der Waals surface area contributed by atoms with Crippen molar-refractivity contribution in [3.05, 3.63) is 284 Å². The van der Waals surface area contributed by atoms with Crippen molar-refractivity contribution in [2.75, 3.05) is 0 Å². The van der Waals surface area contributed by atoms with Crippen LogP contribution in [0.2, 0.25) is 0 Å². The molecule has 5 heterocycles. The van der Waals surface area contributed by atoms with Gasteiger partial charge in [0, 0.05) is 82.3 Å². The predicted octanol–water partition coefficient (Wildman–Crippen LogP) is 18.7. The lowest BCUT2D eigenvalue weighted by atomic mass is 9.96. The summed E-state index contributed by atoms with van der Waals surface area (Å²) in [6.07, 6.45) is 0. The van der Waals surface area contributed by atoms with Gasteiger partial charge in [0.1, 0.15) is 6.07 Å². The standard InChI is InChI=1S/C77H45N9/c78-46-51-22-10-11-27-55(51)58-39-38-50(45-70(58)86-66-35-19-15-31-62(66)72-68(86)43-41-60-57-29-13-17-33-64(57)84(74(60)72)54-25-8-3-9-26-54)77-81-75(48-20-4-1-5-21-48)80-76(82-77)49-36-37-52(47-79)69(44-49)85-65-34-18-14-30-61(65)71-67(85)42-40-59-56-28-12-16-32-63(56)83(73(59)71)53-23-6-2-7-24-53/h1-45H. The molecule has 17 aromatic rings. The van der Waals surface area contributed by atoms with Crippen molar-refractivity contribution in [1.82, 2.24) is 33.2 Å². The van der Waals surface area contributed by atoms with Crippen LogP contribution in [0.3, 0.4) is 0 Å². The van der Waals surface area contributed by atoms with Gasteiger partial charge in [0.15, 0.2) is 17.5 Å². The van der Waals surface area contributed by atoms with Crippen LogP contribution in [0.1, 0.15) is 11.1 Å². The van der Waals surface area contributed by atoms with Gasteiger partial charge >= 0.3 is 0 Å². The number of hydrogen-bond acceptors (Lipinski definition) is 5. The van der Waals surface area contributed by atoms with Crippen LogP contribution in [-0.4, -0.2) is 33.2 Å². The zero-order chi connectivity index (χ0) is 57.0. The van der Waals surface area contributed by atoms with E-state index < -0.39 is 0 Å². The number of rotatable bonds is 8. The Labute approximate surface area is 492 Å². The van der Waals surface area contributed by atoms with Gasteiger partial charge < -0.3 is 18.3 Å². The number of benzene rings is 12. The van der Waals surface area contributed by atoms with Crippen LogP contribution < -0.4 is 0 Å². The van der Waals surface area contributed by atoms with E-state index in [9.17, 15) is 10.5 Å². The third-order valence-corrected chi connectivity index (χ3v) is 17.1. The number of para-hydroxylation sites is 6. The van der Waals surface area contributed by atoms with E-state index in [1.165, 1.54) is 5.39 Å². The van der Waals surface area contributed by atoms with E-state index in [-0.39, 0.29) is 0 Å². The molecule has 0 aliphatic rings. The molecule has 0 amide bonds. The predicted molar refractivity (Wildman–Crippen MR) is 348 cm³/mol. The second kappa shape index (κ2) is 19.2. The fourth-order valence-electron chi connectivity index (χ4n) is 13.4. The number of nitriles is 2. The van der Waals surface area contributed by atoms with Gasteiger partial charge in [-0.05, 0) is 91.0 Å². The molecule has 0 aliphatic carbocycles. The Kier molecular flexibility index (Phi) is 10.8. The highest BCUT2D eigenvalue weighted by atomic mass is 15.1. The lowest BCUT2D eigenvalue weighted by Crippen LogP contribution is -2.04. The summed E-state index contributed by atoms with van der Waals surface area (Å²) in [6.45, 7) is 0. The van der Waals surface area contributed by atoms with Crippen LogP contribution in [0.15, 0.2) is 273 Å². The van der Waals surface area contributed by atoms with E-state index >= 15 is 0 Å². The topological polar surface area (TPSA) is 106 Å². The van der Waals surface area contributed by atoms with Gasteiger partial charge in [-0.25, -0.2) is 15.0 Å². The van der Waals surface area contributed by atoms with E-state index in [1.54, 1.807) is 0 Å². The third kappa shape index (κ3) is 7.26. The largest absolute Gasteiger partial charge is 0.309 e. The summed E-state index contributed by atoms with van der Waals surface area (Å²) in [5.74, 6) is 1.40. The quantitative estimate of drug-likeness (QED) is 0.151. The number of nitrogens with zero attached hydrogens (tertiary/aromatic N) is 9. The lowest BCUT2D eigenvalue weighted by molar-refractivity contribution is 1.07. The maximum absolute atomic E-state index is 11.1. The smallest absolute Gasteiger partial charge is 0.164 e. The molecule has 0 radical (unpaired) electrons. The second-order valence-corrected chi connectivity index (χ2v) is 21.7. The van der Waals surface area contributed by atoms with E-state index in [0.29, 0.717) is 39.9 Å². The van der Waals surface area contributed by atoms with Crippen LogP contribution in [0, 0.1) is 22.7 Å². The molecule has 9 nitrogen and oxygen atoms in total. The Morgan fingerprint density at radius 2 is 0.674 bits per heavy atom. The molecule has 0 spiro atoms. The molecule has 5 aromatic heterocycles. The SMILES string of the molecule is N#Cc1ccccc1-c1ccc(-c2nc(-c3ccccc3)nc(-c3ccc(C#N)c(-n4c5ccccc5c5c4ccc4c6ccccc6n(-c6ccccc6)c45)c3)n2)cc1-n1c2ccccc2c2c1ccc1c3ccccc3n(-c3ccccc3)c12. The molecule has 0 atom stereocenters. The molecule has 17 rings (SSSR count). The zero-order valence-electron chi connectivity index (χ0n) is 46.0. The summed E-state index contributed by atoms with van der Waals surface area (Å²) in [5.41, 5.74) is 17.1. The molecule has 0 aliphatic heterocycles. The first-order valence-corrected chi connectivity index (χ1v) is 28.6. The molecular formula is C77H45N9. The summed E-state index contributed by atoms with van der Waals surface area (Å²) in [6, 6.07) is 99.4. The molecular weight excluding hydrogens is 1050 g/mol. The normalized spacial score (nSPS) is 11.7. The summed E-state index contributed by atoms with van der Waals surface area (Å²) >= 11 is 0. The van der Waals surface area contributed by atoms with Crippen molar-refractivity contribution >= 4 is 87.2 Å². The van der Waals surface area contributed by atoms with Gasteiger partial charge in [0.2, 0.25) is 0 Å². The number of hydrogen-bond donors (Lipinski definition) is 0. The molecule has 398 valence electrons. The third-order valence-electron chi connectivity index (χ3n) is 17.1. The molecule has 9 heteroatoms. The maximum Gasteiger partial charge on any atom is 0.164 e. The summed E-state index contributed by atoms with van der Waals surface area (Å²) in [7, 11) is 0. The van der Waals surface area contributed by atoms with Gasteiger partial charge in [-0.2, -0.15) is 10.5 Å². The van der Waals surface area contributed by atoms with E-state index in [0.717, 1.165) is 121 Å². The molecule has 0 fully saturated rings. The maximum atomic E-state index is 11.1. The van der Waals surface area contributed by atoms with Crippen molar-refractivity contribution < 1.29 is 0 Å². The Bertz CT molecular complexity index is 5740. The molecule has 86 heavy (non-hydrogen) atoms. The average molecular weight is 1100 g/mol. The van der Waals surface area contributed by atoms with Crippen molar-refractivity contribution in [2.24, 2.45) is 0 Å². The minimum absolute atomic E-state index is 0.445. The van der Waals surface area contributed by atoms with Crippen molar-refractivity contribution in [3.8, 4) is 80.2 Å². The van der Waals surface area contributed by atoms with Gasteiger partial charge in [-0.1, -0.05) is 182 Å². The molecule has 0 unspecified atom stereocenters. The lowest BCUT2D eigenvalue weighted by Gasteiger charge is -2.17. The van der Waals surface area contributed by atoms with Gasteiger partial charge in [-0.15, -0.1) is 0 Å². The summed E-state index contributed by atoms with van der Waals surface area (Å²) < 4.78 is 9.33. The molecule has 0 saturated heterocycles. The molecule has 0 saturated carbocycles. The Morgan fingerprint density at radius 1 is 0.267 bits per heavy atom. The number of fused-ring (bicyclic) bond motifs is 14.